The molecule has 1 amide bonds. The lowest BCUT2D eigenvalue weighted by Gasteiger charge is -2.16. The van der Waals surface area contributed by atoms with E-state index in [0.29, 0.717) is 5.03 Å². The Morgan fingerprint density at radius 2 is 2.27 bits per heavy atom. The third-order valence-corrected chi connectivity index (χ3v) is 3.73. The lowest BCUT2D eigenvalue weighted by Crippen LogP contribution is -2.29. The van der Waals surface area contributed by atoms with E-state index in [1.807, 2.05) is 0 Å². The highest BCUT2D eigenvalue weighted by molar-refractivity contribution is 8.04. The van der Waals surface area contributed by atoms with Gasteiger partial charge in [-0.3, -0.25) is 4.79 Å². The summed E-state index contributed by atoms with van der Waals surface area (Å²) in [5.74, 6) is -0.895. The van der Waals surface area contributed by atoms with Gasteiger partial charge in [0.25, 0.3) is 0 Å². The molecule has 0 bridgehead atoms. The summed E-state index contributed by atoms with van der Waals surface area (Å²) in [6.07, 6.45) is 2.64. The first-order valence-corrected chi connectivity index (χ1v) is 7.62. The molecule has 118 valence electrons. The van der Waals surface area contributed by atoms with Crippen molar-refractivity contribution in [1.82, 2.24) is 4.90 Å². The standard InChI is InChI=1S/C14H15NO6S/c1-2-19-13(17)8-12-15(11(16)9-22-12)5-7-21-14(18)10-4-3-6-20-10/h3-4,6,8H,2,5,7,9H2,1H3. The number of esters is 2. The van der Waals surface area contributed by atoms with E-state index in [1.165, 1.54) is 35.1 Å². The van der Waals surface area contributed by atoms with Gasteiger partial charge in [-0.15, -0.1) is 0 Å². The number of carbonyl (C=O) groups excluding carboxylic acids is 3. The summed E-state index contributed by atoms with van der Waals surface area (Å²) in [6.45, 7) is 2.15. The second-order valence-electron chi connectivity index (χ2n) is 4.18. The van der Waals surface area contributed by atoms with E-state index in [1.54, 1.807) is 13.0 Å². The summed E-state index contributed by atoms with van der Waals surface area (Å²) in [6, 6.07) is 3.07. The van der Waals surface area contributed by atoms with Crippen molar-refractivity contribution in [3.63, 3.8) is 0 Å². The number of ether oxygens (including phenoxy) is 2. The summed E-state index contributed by atoms with van der Waals surface area (Å²) in [5, 5.41) is 0.498. The van der Waals surface area contributed by atoms with Crippen molar-refractivity contribution in [3.8, 4) is 0 Å². The van der Waals surface area contributed by atoms with E-state index in [4.69, 9.17) is 13.9 Å². The number of hydrogen-bond donors (Lipinski definition) is 0. The molecule has 22 heavy (non-hydrogen) atoms. The molecule has 1 saturated heterocycles. The van der Waals surface area contributed by atoms with Gasteiger partial charge in [0.1, 0.15) is 6.61 Å². The molecule has 2 heterocycles. The quantitative estimate of drug-likeness (QED) is 0.577. The first kappa shape index (κ1) is 16.2. The van der Waals surface area contributed by atoms with E-state index < -0.39 is 11.9 Å². The van der Waals surface area contributed by atoms with Gasteiger partial charge in [-0.1, -0.05) is 11.8 Å². The zero-order chi connectivity index (χ0) is 15.9. The van der Waals surface area contributed by atoms with Crippen LogP contribution in [0.5, 0.6) is 0 Å². The Labute approximate surface area is 131 Å². The molecular weight excluding hydrogens is 310 g/mol. The summed E-state index contributed by atoms with van der Waals surface area (Å²) < 4.78 is 14.7. The fraction of sp³-hybridized carbons (Fsp3) is 0.357. The van der Waals surface area contributed by atoms with Gasteiger partial charge in [-0.05, 0) is 19.1 Å². The number of hydrogen-bond acceptors (Lipinski definition) is 7. The molecule has 0 radical (unpaired) electrons. The van der Waals surface area contributed by atoms with Crippen LogP contribution in [0.1, 0.15) is 17.5 Å². The SMILES string of the molecule is CCOC(=O)C=C1SCC(=O)N1CCOC(=O)c1ccco1. The molecule has 1 aromatic heterocycles. The van der Waals surface area contributed by atoms with Crippen LogP contribution >= 0.6 is 11.8 Å². The molecule has 0 unspecified atom stereocenters. The van der Waals surface area contributed by atoms with E-state index in [0.717, 1.165) is 0 Å². The smallest absolute Gasteiger partial charge is 0.374 e. The van der Waals surface area contributed by atoms with Crippen molar-refractivity contribution in [2.24, 2.45) is 0 Å². The number of furan rings is 1. The Bertz CT molecular complexity index is 580. The summed E-state index contributed by atoms with van der Waals surface area (Å²) in [7, 11) is 0. The molecule has 2 rings (SSSR count). The highest BCUT2D eigenvalue weighted by Gasteiger charge is 2.27. The van der Waals surface area contributed by atoms with Crippen LogP contribution in [0.4, 0.5) is 0 Å². The zero-order valence-electron chi connectivity index (χ0n) is 11.9. The van der Waals surface area contributed by atoms with Gasteiger partial charge in [-0.2, -0.15) is 0 Å². The Morgan fingerprint density at radius 1 is 1.45 bits per heavy atom. The first-order chi connectivity index (χ1) is 10.6. The monoisotopic (exact) mass is 325 g/mol. The molecule has 1 aliphatic rings. The molecule has 8 heteroatoms. The van der Waals surface area contributed by atoms with E-state index in [2.05, 4.69) is 0 Å². The van der Waals surface area contributed by atoms with Crippen LogP contribution < -0.4 is 0 Å². The average molecular weight is 325 g/mol. The second kappa shape index (κ2) is 7.69. The molecule has 0 saturated carbocycles. The summed E-state index contributed by atoms with van der Waals surface area (Å²) in [4.78, 5) is 36.2. The van der Waals surface area contributed by atoms with Crippen LogP contribution in [-0.4, -0.2) is 48.3 Å². The lowest BCUT2D eigenvalue weighted by atomic mass is 10.4. The predicted molar refractivity (Wildman–Crippen MR) is 77.9 cm³/mol. The van der Waals surface area contributed by atoms with Crippen LogP contribution in [-0.2, 0) is 19.1 Å². The molecule has 1 fully saturated rings. The normalized spacial score (nSPS) is 16.1. The minimum absolute atomic E-state index is 0.00595. The molecular formula is C14H15NO6S. The van der Waals surface area contributed by atoms with Gasteiger partial charge in [0.15, 0.2) is 0 Å². The first-order valence-electron chi connectivity index (χ1n) is 6.64. The lowest BCUT2D eigenvalue weighted by molar-refractivity contribution is -0.137. The van der Waals surface area contributed by atoms with Crippen molar-refractivity contribution in [2.45, 2.75) is 6.92 Å². The fourth-order valence-electron chi connectivity index (χ4n) is 1.75. The van der Waals surface area contributed by atoms with Gasteiger partial charge >= 0.3 is 11.9 Å². The van der Waals surface area contributed by atoms with Crippen molar-refractivity contribution >= 4 is 29.6 Å². The summed E-state index contributed by atoms with van der Waals surface area (Å²) in [5.41, 5.74) is 0. The fourth-order valence-corrected chi connectivity index (χ4v) is 2.70. The van der Waals surface area contributed by atoms with Crippen molar-refractivity contribution < 1.29 is 28.3 Å². The van der Waals surface area contributed by atoms with Gasteiger partial charge in [0.2, 0.25) is 11.7 Å². The Morgan fingerprint density at radius 3 is 2.95 bits per heavy atom. The van der Waals surface area contributed by atoms with Crippen LogP contribution in [0.3, 0.4) is 0 Å². The maximum atomic E-state index is 11.8. The van der Waals surface area contributed by atoms with Crippen LogP contribution in [0, 0.1) is 0 Å². The van der Waals surface area contributed by atoms with Crippen LogP contribution in [0.15, 0.2) is 33.9 Å². The Balaban J connectivity index is 1.88. The molecule has 0 atom stereocenters. The molecule has 7 nitrogen and oxygen atoms in total. The number of nitrogens with zero attached hydrogens (tertiary/aromatic N) is 1. The van der Waals surface area contributed by atoms with Crippen LogP contribution in [0.25, 0.3) is 0 Å². The van der Waals surface area contributed by atoms with Gasteiger partial charge in [0, 0.05) is 0 Å². The zero-order valence-corrected chi connectivity index (χ0v) is 12.8. The summed E-state index contributed by atoms with van der Waals surface area (Å²) >= 11 is 1.25. The number of amides is 1. The number of rotatable bonds is 6. The maximum absolute atomic E-state index is 11.8. The topological polar surface area (TPSA) is 86.0 Å². The van der Waals surface area contributed by atoms with Crippen molar-refractivity contribution in [3.05, 3.63) is 35.3 Å². The van der Waals surface area contributed by atoms with Crippen molar-refractivity contribution in [1.29, 1.82) is 0 Å². The highest BCUT2D eigenvalue weighted by atomic mass is 32.2. The minimum atomic E-state index is -0.597. The molecule has 0 aromatic carbocycles. The molecule has 1 aliphatic heterocycles. The van der Waals surface area contributed by atoms with Crippen molar-refractivity contribution in [2.75, 3.05) is 25.5 Å². The maximum Gasteiger partial charge on any atom is 0.374 e. The third kappa shape index (κ3) is 4.14. The predicted octanol–water partition coefficient (Wildman–Crippen LogP) is 1.42. The minimum Gasteiger partial charge on any atom is -0.463 e. The Kier molecular flexibility index (Phi) is 5.65. The molecule has 0 spiro atoms. The molecule has 1 aromatic rings. The Hall–Kier alpha value is -2.22. The van der Waals surface area contributed by atoms with E-state index in [9.17, 15) is 14.4 Å². The average Bonchev–Trinajstić information content (AvgIpc) is 3.12. The highest BCUT2D eigenvalue weighted by Crippen LogP contribution is 2.28. The molecule has 0 N–H and O–H groups in total. The second-order valence-corrected chi connectivity index (χ2v) is 5.18. The molecule has 0 aliphatic carbocycles. The van der Waals surface area contributed by atoms with Crippen LogP contribution in [0.2, 0.25) is 0 Å². The van der Waals surface area contributed by atoms with E-state index in [-0.39, 0.29) is 37.2 Å². The third-order valence-electron chi connectivity index (χ3n) is 2.71. The number of thioether (sulfide) groups is 1. The van der Waals surface area contributed by atoms with Gasteiger partial charge < -0.3 is 18.8 Å². The van der Waals surface area contributed by atoms with Gasteiger partial charge in [-0.25, -0.2) is 9.59 Å². The number of carbonyl (C=O) groups is 3. The largest absolute Gasteiger partial charge is 0.463 e. The van der Waals surface area contributed by atoms with E-state index >= 15 is 0 Å². The van der Waals surface area contributed by atoms with Gasteiger partial charge in [0.05, 0.1) is 36.3 Å².